The molecule has 10 heteroatoms. The van der Waals surface area contributed by atoms with E-state index in [1.54, 1.807) is 29.8 Å². The third-order valence-electron chi connectivity index (χ3n) is 3.25. The SMILES string of the molecule is NC(=O)c1cc(-c2csc(NC(=O)COc3ccc(Cl)cc3Cl)n2)c[nH]1. The van der Waals surface area contributed by atoms with Gasteiger partial charge in [0.2, 0.25) is 0 Å². The number of aromatic amines is 1. The number of benzene rings is 1. The van der Waals surface area contributed by atoms with Gasteiger partial charge in [-0.3, -0.25) is 14.9 Å². The lowest BCUT2D eigenvalue weighted by atomic mass is 10.2. The highest BCUT2D eigenvalue weighted by atomic mass is 35.5. The number of nitrogens with zero attached hydrogens (tertiary/aromatic N) is 1. The van der Waals surface area contributed by atoms with Crippen molar-refractivity contribution in [2.75, 3.05) is 11.9 Å². The van der Waals surface area contributed by atoms with Crippen LogP contribution in [0.25, 0.3) is 11.3 Å². The van der Waals surface area contributed by atoms with Gasteiger partial charge in [-0.05, 0) is 24.3 Å². The molecule has 0 bridgehead atoms. The van der Waals surface area contributed by atoms with Gasteiger partial charge in [0.25, 0.3) is 11.8 Å². The molecule has 3 rings (SSSR count). The number of ether oxygens (including phenoxy) is 1. The van der Waals surface area contributed by atoms with Gasteiger partial charge in [0.05, 0.1) is 10.7 Å². The molecule has 0 saturated carbocycles. The second-order valence-electron chi connectivity index (χ2n) is 5.12. The number of nitrogens with two attached hydrogens (primary N) is 1. The van der Waals surface area contributed by atoms with Crippen LogP contribution >= 0.6 is 34.5 Å². The van der Waals surface area contributed by atoms with Gasteiger partial charge < -0.3 is 15.5 Å². The van der Waals surface area contributed by atoms with Crippen LogP contribution in [-0.4, -0.2) is 28.4 Å². The lowest BCUT2D eigenvalue weighted by molar-refractivity contribution is -0.118. The summed E-state index contributed by atoms with van der Waals surface area (Å²) in [5.41, 5.74) is 6.79. The Morgan fingerprint density at radius 2 is 2.12 bits per heavy atom. The number of carbonyl (C=O) groups is 2. The summed E-state index contributed by atoms with van der Waals surface area (Å²) in [7, 11) is 0. The van der Waals surface area contributed by atoms with E-state index in [2.05, 4.69) is 15.3 Å². The molecule has 4 N–H and O–H groups in total. The standard InChI is InChI=1S/C16H12Cl2N4O3S/c17-9-1-2-13(10(18)4-9)25-6-14(23)22-16-21-12(7-26-16)8-3-11(15(19)24)20-5-8/h1-5,7,20H,6H2,(H2,19,24)(H,21,22,23). The first-order valence-electron chi connectivity index (χ1n) is 7.24. The van der Waals surface area contributed by atoms with Gasteiger partial charge in [-0.2, -0.15) is 0 Å². The van der Waals surface area contributed by atoms with Crippen molar-refractivity contribution in [2.24, 2.45) is 5.73 Å². The molecule has 0 aliphatic carbocycles. The third kappa shape index (κ3) is 4.34. The number of primary amides is 1. The zero-order valence-corrected chi connectivity index (χ0v) is 15.4. The van der Waals surface area contributed by atoms with Crippen molar-refractivity contribution in [2.45, 2.75) is 0 Å². The molecule has 2 aromatic heterocycles. The topological polar surface area (TPSA) is 110 Å². The zero-order chi connectivity index (χ0) is 18.7. The van der Waals surface area contributed by atoms with Crippen LogP contribution in [0.4, 0.5) is 5.13 Å². The van der Waals surface area contributed by atoms with Gasteiger partial charge in [-0.25, -0.2) is 4.98 Å². The maximum Gasteiger partial charge on any atom is 0.265 e. The first kappa shape index (κ1) is 18.2. The summed E-state index contributed by atoms with van der Waals surface area (Å²) in [6.07, 6.45) is 1.62. The van der Waals surface area contributed by atoms with E-state index in [0.717, 1.165) is 0 Å². The molecular weight excluding hydrogens is 399 g/mol. The summed E-state index contributed by atoms with van der Waals surface area (Å²) in [5.74, 6) is -0.584. The number of aromatic nitrogens is 2. The molecule has 0 unspecified atom stereocenters. The van der Waals surface area contributed by atoms with E-state index in [-0.39, 0.29) is 18.2 Å². The maximum atomic E-state index is 12.0. The maximum absolute atomic E-state index is 12.0. The van der Waals surface area contributed by atoms with E-state index in [0.29, 0.717) is 32.2 Å². The third-order valence-corrected chi connectivity index (χ3v) is 4.54. The van der Waals surface area contributed by atoms with Gasteiger partial charge >= 0.3 is 0 Å². The lowest BCUT2D eigenvalue weighted by Gasteiger charge is -2.07. The summed E-state index contributed by atoms with van der Waals surface area (Å²) in [6.45, 7) is -0.230. The van der Waals surface area contributed by atoms with E-state index >= 15 is 0 Å². The Morgan fingerprint density at radius 3 is 2.81 bits per heavy atom. The van der Waals surface area contributed by atoms with Crippen LogP contribution in [0.15, 0.2) is 35.8 Å². The fourth-order valence-electron chi connectivity index (χ4n) is 2.04. The first-order chi connectivity index (χ1) is 12.4. The number of amides is 2. The molecule has 0 radical (unpaired) electrons. The van der Waals surface area contributed by atoms with Gasteiger partial charge in [-0.15, -0.1) is 11.3 Å². The van der Waals surface area contributed by atoms with E-state index in [4.69, 9.17) is 33.7 Å². The molecule has 2 heterocycles. The highest BCUT2D eigenvalue weighted by Crippen LogP contribution is 2.28. The molecular formula is C16H12Cl2N4O3S. The van der Waals surface area contributed by atoms with Crippen LogP contribution in [0.5, 0.6) is 5.75 Å². The predicted octanol–water partition coefficient (Wildman–Crippen LogP) is 3.56. The van der Waals surface area contributed by atoms with Crippen molar-refractivity contribution in [3.05, 3.63) is 51.6 Å². The molecule has 2 amide bonds. The molecule has 0 aliphatic rings. The molecule has 7 nitrogen and oxygen atoms in total. The normalized spacial score (nSPS) is 10.5. The average molecular weight is 411 g/mol. The van der Waals surface area contributed by atoms with Crippen molar-refractivity contribution in [3.63, 3.8) is 0 Å². The number of rotatable bonds is 6. The number of hydrogen-bond acceptors (Lipinski definition) is 5. The Balaban J connectivity index is 1.59. The Kier molecular flexibility index (Phi) is 5.46. The molecule has 1 aromatic carbocycles. The monoisotopic (exact) mass is 410 g/mol. The number of halogens is 2. The molecule has 0 saturated heterocycles. The smallest absolute Gasteiger partial charge is 0.265 e. The van der Waals surface area contributed by atoms with Gasteiger partial charge in [0, 0.05) is 22.2 Å². The van der Waals surface area contributed by atoms with Crippen LogP contribution < -0.4 is 15.8 Å². The number of anilines is 1. The van der Waals surface area contributed by atoms with Crippen molar-refractivity contribution < 1.29 is 14.3 Å². The largest absolute Gasteiger partial charge is 0.482 e. The Morgan fingerprint density at radius 1 is 1.31 bits per heavy atom. The highest BCUT2D eigenvalue weighted by molar-refractivity contribution is 7.14. The first-order valence-corrected chi connectivity index (χ1v) is 8.88. The van der Waals surface area contributed by atoms with E-state index < -0.39 is 5.91 Å². The Bertz CT molecular complexity index is 970. The molecule has 0 fully saturated rings. The lowest BCUT2D eigenvalue weighted by Crippen LogP contribution is -2.20. The summed E-state index contributed by atoms with van der Waals surface area (Å²) >= 11 is 13.0. The van der Waals surface area contributed by atoms with Crippen molar-refractivity contribution in [3.8, 4) is 17.0 Å². The second kappa shape index (κ2) is 7.77. The molecule has 0 atom stereocenters. The fourth-order valence-corrected chi connectivity index (χ4v) is 3.24. The Hall–Kier alpha value is -2.55. The van der Waals surface area contributed by atoms with Crippen LogP contribution in [-0.2, 0) is 4.79 Å². The zero-order valence-electron chi connectivity index (χ0n) is 13.1. The second-order valence-corrected chi connectivity index (χ2v) is 6.82. The fraction of sp³-hybridized carbons (Fsp3) is 0.0625. The minimum Gasteiger partial charge on any atom is -0.482 e. The number of nitrogens with one attached hydrogen (secondary N) is 2. The van der Waals surface area contributed by atoms with E-state index in [1.165, 1.54) is 17.4 Å². The number of thiazole rings is 1. The van der Waals surface area contributed by atoms with Gasteiger partial charge in [0.1, 0.15) is 11.4 Å². The minimum atomic E-state index is -0.557. The quantitative estimate of drug-likeness (QED) is 0.576. The van der Waals surface area contributed by atoms with E-state index in [9.17, 15) is 9.59 Å². The highest BCUT2D eigenvalue weighted by Gasteiger charge is 2.12. The molecule has 0 aliphatic heterocycles. The van der Waals surface area contributed by atoms with Crippen LogP contribution in [0.2, 0.25) is 10.0 Å². The molecule has 3 aromatic rings. The summed E-state index contributed by atoms with van der Waals surface area (Å²) in [5, 5.41) is 5.58. The molecule has 26 heavy (non-hydrogen) atoms. The summed E-state index contributed by atoms with van der Waals surface area (Å²) < 4.78 is 5.36. The average Bonchev–Trinajstić information content (AvgIpc) is 3.23. The van der Waals surface area contributed by atoms with Crippen molar-refractivity contribution >= 4 is 51.5 Å². The van der Waals surface area contributed by atoms with E-state index in [1.807, 2.05) is 0 Å². The van der Waals surface area contributed by atoms with Gasteiger partial charge in [-0.1, -0.05) is 23.2 Å². The van der Waals surface area contributed by atoms with Crippen LogP contribution in [0, 0.1) is 0 Å². The molecule has 134 valence electrons. The summed E-state index contributed by atoms with van der Waals surface area (Å²) in [6, 6.07) is 6.32. The van der Waals surface area contributed by atoms with Crippen molar-refractivity contribution in [1.29, 1.82) is 0 Å². The Labute approximate surface area is 162 Å². The van der Waals surface area contributed by atoms with Crippen molar-refractivity contribution in [1.82, 2.24) is 9.97 Å². The van der Waals surface area contributed by atoms with Crippen LogP contribution in [0.1, 0.15) is 10.5 Å². The summed E-state index contributed by atoms with van der Waals surface area (Å²) in [4.78, 5) is 30.2. The number of carbonyl (C=O) groups excluding carboxylic acids is 2. The predicted molar refractivity (Wildman–Crippen MR) is 101 cm³/mol. The van der Waals surface area contributed by atoms with Crippen LogP contribution in [0.3, 0.4) is 0 Å². The number of hydrogen-bond donors (Lipinski definition) is 3. The van der Waals surface area contributed by atoms with Gasteiger partial charge in [0.15, 0.2) is 11.7 Å². The minimum absolute atomic E-state index is 0.230. The molecule has 0 spiro atoms. The number of H-pyrrole nitrogens is 1.